The zero-order chi connectivity index (χ0) is 32.3. The molecule has 0 radical (unpaired) electrons. The number of aliphatic hydroxyl groups is 3. The molecule has 10 nitrogen and oxygen atoms in total. The fourth-order valence-corrected chi connectivity index (χ4v) is 4.17. The summed E-state index contributed by atoms with van der Waals surface area (Å²) in [7, 11) is 9.12. The van der Waals surface area contributed by atoms with E-state index in [9.17, 15) is 19.8 Å². The lowest BCUT2D eigenvalue weighted by Crippen LogP contribution is -2.48. The molecule has 0 rings (SSSR count). The van der Waals surface area contributed by atoms with Gasteiger partial charge in [-0.2, -0.15) is 0 Å². The molecule has 0 aliphatic rings. The number of rotatable bonds is 23. The number of hydrogen-bond acceptors (Lipinski definition) is 8. The molecule has 0 aromatic carbocycles. The molecular formula is C31H70N5O5+. The summed E-state index contributed by atoms with van der Waals surface area (Å²) in [4.78, 5) is 29.5. The van der Waals surface area contributed by atoms with E-state index >= 15 is 0 Å². The summed E-state index contributed by atoms with van der Waals surface area (Å²) in [6.07, 6.45) is 6.99. The molecule has 0 fully saturated rings. The van der Waals surface area contributed by atoms with Crippen molar-refractivity contribution in [2.45, 2.75) is 98.2 Å². The number of unbranched alkanes of at least 4 members (excludes halogenated alkanes) is 4. The van der Waals surface area contributed by atoms with Crippen molar-refractivity contribution >= 4 is 11.7 Å². The molecule has 248 valence electrons. The number of likely N-dealkylation sites (N-methyl/N-ethyl adjacent to an activating group) is 4. The molecule has 0 aromatic heterocycles. The molecule has 41 heavy (non-hydrogen) atoms. The molecule has 0 aliphatic heterocycles. The lowest BCUT2D eigenvalue weighted by Gasteiger charge is -2.32. The van der Waals surface area contributed by atoms with Crippen molar-refractivity contribution in [1.29, 1.82) is 0 Å². The van der Waals surface area contributed by atoms with Crippen LogP contribution in [0.4, 0.5) is 0 Å². The Kier molecular flexibility index (Phi) is 31.3. The van der Waals surface area contributed by atoms with Crippen molar-refractivity contribution < 1.29 is 29.4 Å². The maximum atomic E-state index is 11.9. The maximum absolute atomic E-state index is 11.9. The molecule has 0 aromatic rings. The molecular weight excluding hydrogens is 522 g/mol. The summed E-state index contributed by atoms with van der Waals surface area (Å²) in [5.74, 6) is 0.408. The van der Waals surface area contributed by atoms with E-state index in [4.69, 9.17) is 5.11 Å². The quantitative estimate of drug-likeness (QED) is 0.0812. The highest BCUT2D eigenvalue weighted by Crippen LogP contribution is 2.05. The van der Waals surface area contributed by atoms with Crippen LogP contribution in [0.3, 0.4) is 0 Å². The Morgan fingerprint density at radius 3 is 1.73 bits per heavy atom. The highest BCUT2D eigenvalue weighted by atomic mass is 16.3. The third-order valence-corrected chi connectivity index (χ3v) is 6.94. The van der Waals surface area contributed by atoms with E-state index in [1.807, 2.05) is 37.7 Å². The van der Waals surface area contributed by atoms with Crippen LogP contribution in [-0.2, 0) is 9.59 Å². The number of carbonyl (C=O) groups is 2. The SMILES string of the molecule is CCCCCC(=O)CN(CC)CC(O)C[N+](C)(C)CC.CCCCCC(=O)NCN(CC)CC(O)CN(C)C.CO. The number of carbonyl (C=O) groups excluding carboxylic acids is 2. The second-order valence-electron chi connectivity index (χ2n) is 11.7. The molecule has 10 heteroatoms. The van der Waals surface area contributed by atoms with Crippen LogP contribution in [0.15, 0.2) is 0 Å². The first-order chi connectivity index (χ1) is 19.3. The van der Waals surface area contributed by atoms with Gasteiger partial charge in [-0.25, -0.2) is 0 Å². The third kappa shape index (κ3) is 30.1. The number of aliphatic hydroxyl groups excluding tert-OH is 3. The van der Waals surface area contributed by atoms with Crippen molar-refractivity contribution in [2.24, 2.45) is 0 Å². The monoisotopic (exact) mass is 593 g/mol. The predicted octanol–water partition coefficient (Wildman–Crippen LogP) is 2.41. The molecule has 1 amide bonds. The average Bonchev–Trinajstić information content (AvgIpc) is 2.91. The average molecular weight is 593 g/mol. The summed E-state index contributed by atoms with van der Waals surface area (Å²) in [6.45, 7) is 16.7. The number of ketones is 1. The fourth-order valence-electron chi connectivity index (χ4n) is 4.17. The minimum atomic E-state index is -0.382. The van der Waals surface area contributed by atoms with Gasteiger partial charge < -0.3 is 30.0 Å². The Hall–Kier alpha value is -1.14. The second kappa shape index (κ2) is 29.0. The number of nitrogens with zero attached hydrogens (tertiary/aromatic N) is 4. The standard InChI is InChI=1S/C16H35N2O2.C14H31N3O2.CH4O/c1-6-9-10-11-15(19)12-17(7-2)13-16(20)14-18(4,5)8-3;1-5-7-8-9-14(19)15-12-17(6-2)11-13(18)10-16(3)4;1-2/h16,20H,6-14H2,1-5H3;13,18H,5-12H2,1-4H3,(H,15,19);2H,1H3/q+1;;. The lowest BCUT2D eigenvalue weighted by molar-refractivity contribution is -0.891. The van der Waals surface area contributed by atoms with Crippen LogP contribution in [-0.4, -0.2) is 153 Å². The molecule has 0 aliphatic carbocycles. The van der Waals surface area contributed by atoms with Gasteiger partial charge in [0.15, 0.2) is 0 Å². The summed E-state index contributed by atoms with van der Waals surface area (Å²) < 4.78 is 0.809. The maximum Gasteiger partial charge on any atom is 0.220 e. The summed E-state index contributed by atoms with van der Waals surface area (Å²) in [5.41, 5.74) is 0. The minimum Gasteiger partial charge on any atom is -0.400 e. The van der Waals surface area contributed by atoms with Crippen LogP contribution in [0.1, 0.15) is 86.0 Å². The van der Waals surface area contributed by atoms with E-state index in [1.54, 1.807) is 0 Å². The van der Waals surface area contributed by atoms with Crippen LogP contribution in [0.25, 0.3) is 0 Å². The number of amides is 1. The van der Waals surface area contributed by atoms with Gasteiger partial charge in [-0.1, -0.05) is 53.4 Å². The van der Waals surface area contributed by atoms with Crippen molar-refractivity contribution in [1.82, 2.24) is 20.0 Å². The highest BCUT2D eigenvalue weighted by Gasteiger charge is 2.21. The molecule has 0 saturated heterocycles. The fraction of sp³-hybridized carbons (Fsp3) is 0.935. The number of nitrogens with one attached hydrogen (secondary N) is 1. The van der Waals surface area contributed by atoms with Gasteiger partial charge in [0.05, 0.1) is 40.0 Å². The Labute approximate surface area is 253 Å². The van der Waals surface area contributed by atoms with Gasteiger partial charge in [-0.15, -0.1) is 0 Å². The van der Waals surface area contributed by atoms with Gasteiger partial charge in [-0.05, 0) is 47.0 Å². The largest absolute Gasteiger partial charge is 0.400 e. The van der Waals surface area contributed by atoms with Crippen LogP contribution < -0.4 is 5.32 Å². The second-order valence-corrected chi connectivity index (χ2v) is 11.7. The number of Topliss-reactive ketones (excluding diaryl/α,β-unsaturated/α-hetero) is 1. The van der Waals surface area contributed by atoms with Crippen LogP contribution in [0, 0.1) is 0 Å². The van der Waals surface area contributed by atoms with Gasteiger partial charge >= 0.3 is 0 Å². The number of hydrogen-bond donors (Lipinski definition) is 4. The smallest absolute Gasteiger partial charge is 0.220 e. The Morgan fingerprint density at radius 2 is 1.27 bits per heavy atom. The van der Waals surface area contributed by atoms with E-state index in [1.165, 1.54) is 0 Å². The normalized spacial score (nSPS) is 12.9. The van der Waals surface area contributed by atoms with Crippen LogP contribution in [0.5, 0.6) is 0 Å². The first-order valence-electron chi connectivity index (χ1n) is 15.8. The predicted molar refractivity (Wildman–Crippen MR) is 172 cm³/mol. The topological polar surface area (TPSA) is 117 Å². The summed E-state index contributed by atoms with van der Waals surface area (Å²) in [5, 5.41) is 30.0. The van der Waals surface area contributed by atoms with Crippen molar-refractivity contribution in [3.63, 3.8) is 0 Å². The molecule has 0 spiro atoms. The van der Waals surface area contributed by atoms with Crippen molar-refractivity contribution in [2.75, 3.05) is 94.3 Å². The zero-order valence-electron chi connectivity index (χ0n) is 28.6. The van der Waals surface area contributed by atoms with Crippen LogP contribution >= 0.6 is 0 Å². The molecule has 2 atom stereocenters. The summed E-state index contributed by atoms with van der Waals surface area (Å²) in [6, 6.07) is 0. The van der Waals surface area contributed by atoms with Gasteiger partial charge in [0.1, 0.15) is 18.4 Å². The first kappa shape index (κ1) is 44.3. The molecule has 2 unspecified atom stereocenters. The Balaban J connectivity index is -0.000000664. The lowest BCUT2D eigenvalue weighted by atomic mass is 10.1. The van der Waals surface area contributed by atoms with Crippen LogP contribution in [0.2, 0.25) is 0 Å². The van der Waals surface area contributed by atoms with Crippen molar-refractivity contribution in [3.8, 4) is 0 Å². The highest BCUT2D eigenvalue weighted by molar-refractivity contribution is 5.80. The van der Waals surface area contributed by atoms with Gasteiger partial charge in [0.2, 0.25) is 5.91 Å². The summed E-state index contributed by atoms with van der Waals surface area (Å²) >= 11 is 0. The molecule has 0 saturated carbocycles. The van der Waals surface area contributed by atoms with E-state index in [2.05, 4.69) is 45.1 Å². The minimum absolute atomic E-state index is 0.106. The van der Waals surface area contributed by atoms with Gasteiger partial charge in [0, 0.05) is 39.6 Å². The first-order valence-corrected chi connectivity index (χ1v) is 15.8. The Bertz CT molecular complexity index is 607. The van der Waals surface area contributed by atoms with E-state index in [0.717, 1.165) is 76.3 Å². The molecule has 0 bridgehead atoms. The van der Waals surface area contributed by atoms with Gasteiger partial charge in [-0.3, -0.25) is 19.4 Å². The van der Waals surface area contributed by atoms with E-state index in [-0.39, 0.29) is 18.1 Å². The molecule has 4 N–H and O–H groups in total. The van der Waals surface area contributed by atoms with Crippen molar-refractivity contribution in [3.05, 3.63) is 0 Å². The molecule has 0 heterocycles. The van der Waals surface area contributed by atoms with Gasteiger partial charge in [0.25, 0.3) is 0 Å². The zero-order valence-corrected chi connectivity index (χ0v) is 28.6. The Morgan fingerprint density at radius 1 is 0.756 bits per heavy atom. The third-order valence-electron chi connectivity index (χ3n) is 6.94. The number of quaternary nitrogens is 1. The van der Waals surface area contributed by atoms with E-state index < -0.39 is 0 Å². The van der Waals surface area contributed by atoms with E-state index in [0.29, 0.717) is 51.5 Å².